The van der Waals surface area contributed by atoms with Crippen molar-refractivity contribution in [2.24, 2.45) is 0 Å². The van der Waals surface area contributed by atoms with Gasteiger partial charge < -0.3 is 0 Å². The molecule has 1 unspecified atom stereocenters. The molecule has 3 aromatic rings. The van der Waals surface area contributed by atoms with Gasteiger partial charge in [-0.2, -0.15) is 0 Å². The molecule has 0 fully saturated rings. The van der Waals surface area contributed by atoms with E-state index in [1.807, 2.05) is 0 Å². The van der Waals surface area contributed by atoms with E-state index in [1.54, 1.807) is 0 Å². The summed E-state index contributed by atoms with van der Waals surface area (Å²) >= 11 is 3.81. The molecule has 0 bridgehead atoms. The maximum Gasteiger partial charge on any atom is 0.0435 e. The molecule has 3 rings (SSSR count). The summed E-state index contributed by atoms with van der Waals surface area (Å²) in [5, 5.41) is 2.62. The van der Waals surface area contributed by atoms with Crippen LogP contribution in [0.1, 0.15) is 21.5 Å². The van der Waals surface area contributed by atoms with Gasteiger partial charge in [-0.3, -0.25) is 0 Å². The highest BCUT2D eigenvalue weighted by molar-refractivity contribution is 9.09. The van der Waals surface area contributed by atoms with Crippen LogP contribution in [0, 0.1) is 6.92 Å². The van der Waals surface area contributed by atoms with Gasteiger partial charge in [-0.15, -0.1) is 0 Å². The van der Waals surface area contributed by atoms with Crippen LogP contribution >= 0.6 is 15.9 Å². The average Bonchev–Trinajstić information content (AvgIpc) is 2.48. The monoisotopic (exact) mass is 324 g/mol. The molecule has 0 nitrogen and oxygen atoms in total. The van der Waals surface area contributed by atoms with E-state index in [4.69, 9.17) is 0 Å². The van der Waals surface area contributed by atoms with Crippen molar-refractivity contribution >= 4 is 26.7 Å². The van der Waals surface area contributed by atoms with Crippen LogP contribution in [-0.4, -0.2) is 0 Å². The lowest BCUT2D eigenvalue weighted by molar-refractivity contribution is 0.950. The average molecular weight is 325 g/mol. The molecule has 0 aliphatic heterocycles. The van der Waals surface area contributed by atoms with Crippen LogP contribution in [0.25, 0.3) is 10.8 Å². The first-order chi connectivity index (χ1) is 9.72. The zero-order valence-electron chi connectivity index (χ0n) is 11.5. The second-order valence-corrected chi connectivity index (χ2v) is 6.37. The van der Waals surface area contributed by atoms with E-state index in [1.165, 1.54) is 27.5 Å². The van der Waals surface area contributed by atoms with Crippen molar-refractivity contribution in [1.82, 2.24) is 0 Å². The van der Waals surface area contributed by atoms with Gasteiger partial charge in [-0.25, -0.2) is 0 Å². The molecule has 20 heavy (non-hydrogen) atoms. The molecule has 0 heterocycles. The number of hydrogen-bond acceptors (Lipinski definition) is 0. The Kier molecular flexibility index (Phi) is 3.88. The minimum atomic E-state index is 0.365. The summed E-state index contributed by atoms with van der Waals surface area (Å²) in [4.78, 5) is 0.365. The van der Waals surface area contributed by atoms with E-state index < -0.39 is 0 Å². The van der Waals surface area contributed by atoms with Gasteiger partial charge in [0, 0.05) is 4.83 Å². The largest absolute Gasteiger partial charge is 0.0835 e. The van der Waals surface area contributed by atoms with Crippen molar-refractivity contribution in [3.05, 3.63) is 83.4 Å². The fourth-order valence-corrected chi connectivity index (χ4v) is 3.14. The van der Waals surface area contributed by atoms with Crippen LogP contribution in [0.15, 0.2) is 66.7 Å². The Morgan fingerprint density at radius 3 is 2.30 bits per heavy atom. The molecule has 0 saturated heterocycles. The fourth-order valence-electron chi connectivity index (χ4n) is 2.47. The predicted molar refractivity (Wildman–Crippen MR) is 90.5 cm³/mol. The highest BCUT2D eigenvalue weighted by Crippen LogP contribution is 2.28. The molecule has 0 aromatic heterocycles. The minimum Gasteiger partial charge on any atom is -0.0835 e. The molecule has 0 aliphatic rings. The van der Waals surface area contributed by atoms with E-state index in [0.717, 1.165) is 6.42 Å². The van der Waals surface area contributed by atoms with Crippen molar-refractivity contribution in [2.45, 2.75) is 18.2 Å². The Bertz CT molecular complexity index is 713. The first-order valence-corrected chi connectivity index (χ1v) is 7.82. The number of hydrogen-bond donors (Lipinski definition) is 0. The summed E-state index contributed by atoms with van der Waals surface area (Å²) in [6.07, 6.45) is 1.01. The van der Waals surface area contributed by atoms with Crippen LogP contribution in [-0.2, 0) is 6.42 Å². The van der Waals surface area contributed by atoms with Crippen LogP contribution in [0.5, 0.6) is 0 Å². The smallest absolute Gasteiger partial charge is 0.0435 e. The zero-order valence-corrected chi connectivity index (χ0v) is 13.1. The molecular weight excluding hydrogens is 308 g/mol. The van der Waals surface area contributed by atoms with E-state index >= 15 is 0 Å². The summed E-state index contributed by atoms with van der Waals surface area (Å²) < 4.78 is 0. The molecule has 0 aliphatic carbocycles. The van der Waals surface area contributed by atoms with Gasteiger partial charge in [0.2, 0.25) is 0 Å². The highest BCUT2D eigenvalue weighted by Gasteiger charge is 2.08. The van der Waals surface area contributed by atoms with Gasteiger partial charge in [-0.1, -0.05) is 88.2 Å². The quantitative estimate of drug-likeness (QED) is 0.532. The molecule has 1 heteroatoms. The lowest BCUT2D eigenvalue weighted by atomic mass is 10.0. The summed E-state index contributed by atoms with van der Waals surface area (Å²) in [7, 11) is 0. The topological polar surface area (TPSA) is 0 Å². The Hall–Kier alpha value is -1.60. The zero-order chi connectivity index (χ0) is 13.9. The molecule has 100 valence electrons. The third kappa shape index (κ3) is 2.94. The SMILES string of the molecule is Cc1ccc(C(Br)Cc2ccc3ccccc3c2)cc1. The lowest BCUT2D eigenvalue weighted by Crippen LogP contribution is -1.95. The molecule has 0 N–H and O–H groups in total. The summed E-state index contributed by atoms with van der Waals surface area (Å²) in [6.45, 7) is 2.12. The number of fused-ring (bicyclic) bond motifs is 1. The number of alkyl halides is 1. The molecular formula is C19H17Br. The van der Waals surface area contributed by atoms with Gasteiger partial charge >= 0.3 is 0 Å². The van der Waals surface area contributed by atoms with Crippen LogP contribution in [0.3, 0.4) is 0 Å². The van der Waals surface area contributed by atoms with Crippen molar-refractivity contribution in [1.29, 1.82) is 0 Å². The van der Waals surface area contributed by atoms with E-state index in [2.05, 4.69) is 89.6 Å². The van der Waals surface area contributed by atoms with Crippen molar-refractivity contribution in [2.75, 3.05) is 0 Å². The second kappa shape index (κ2) is 5.80. The Morgan fingerprint density at radius 1 is 0.850 bits per heavy atom. The molecule has 0 radical (unpaired) electrons. The number of rotatable bonds is 3. The first-order valence-electron chi connectivity index (χ1n) is 6.91. The highest BCUT2D eigenvalue weighted by atomic mass is 79.9. The third-order valence-electron chi connectivity index (χ3n) is 3.67. The lowest BCUT2D eigenvalue weighted by Gasteiger charge is -2.11. The van der Waals surface area contributed by atoms with Crippen LogP contribution in [0.4, 0.5) is 0 Å². The van der Waals surface area contributed by atoms with Crippen molar-refractivity contribution in [3.63, 3.8) is 0 Å². The van der Waals surface area contributed by atoms with Gasteiger partial charge in [0.15, 0.2) is 0 Å². The maximum absolute atomic E-state index is 3.81. The standard InChI is InChI=1S/C19H17Br/c1-14-6-9-17(10-7-14)19(20)13-15-8-11-16-4-2-3-5-18(16)12-15/h2-12,19H,13H2,1H3. The van der Waals surface area contributed by atoms with Crippen LogP contribution < -0.4 is 0 Å². The minimum absolute atomic E-state index is 0.365. The predicted octanol–water partition coefficient (Wildman–Crippen LogP) is 5.83. The Morgan fingerprint density at radius 2 is 1.55 bits per heavy atom. The Labute approximate surface area is 128 Å². The second-order valence-electron chi connectivity index (χ2n) is 5.26. The van der Waals surface area contributed by atoms with Gasteiger partial charge in [0.25, 0.3) is 0 Å². The number of halogens is 1. The molecule has 0 saturated carbocycles. The molecule has 0 amide bonds. The van der Waals surface area contributed by atoms with Gasteiger partial charge in [0.1, 0.15) is 0 Å². The van der Waals surface area contributed by atoms with E-state index in [-0.39, 0.29) is 0 Å². The normalized spacial score (nSPS) is 12.5. The molecule has 0 spiro atoms. The van der Waals surface area contributed by atoms with Crippen molar-refractivity contribution in [3.8, 4) is 0 Å². The Balaban J connectivity index is 1.83. The summed E-state index contributed by atoms with van der Waals surface area (Å²) in [6, 6.07) is 24.0. The third-order valence-corrected chi connectivity index (χ3v) is 4.52. The van der Waals surface area contributed by atoms with E-state index in [0.29, 0.717) is 4.83 Å². The van der Waals surface area contributed by atoms with Gasteiger partial charge in [-0.05, 0) is 35.2 Å². The van der Waals surface area contributed by atoms with Gasteiger partial charge in [0.05, 0.1) is 0 Å². The molecule has 1 atom stereocenters. The number of benzene rings is 3. The number of aryl methyl sites for hydroxylation is 1. The van der Waals surface area contributed by atoms with E-state index in [9.17, 15) is 0 Å². The van der Waals surface area contributed by atoms with Crippen molar-refractivity contribution < 1.29 is 0 Å². The first kappa shape index (κ1) is 13.4. The summed E-state index contributed by atoms with van der Waals surface area (Å²) in [5.41, 5.74) is 4.01. The summed E-state index contributed by atoms with van der Waals surface area (Å²) in [5.74, 6) is 0. The van der Waals surface area contributed by atoms with Crippen LogP contribution in [0.2, 0.25) is 0 Å². The maximum atomic E-state index is 3.81. The fraction of sp³-hybridized carbons (Fsp3) is 0.158. The molecule has 3 aromatic carbocycles.